The molecule has 0 aliphatic carbocycles. The molecule has 242 valence electrons. The molecule has 0 bridgehead atoms. The van der Waals surface area contributed by atoms with E-state index in [0.29, 0.717) is 29.2 Å². The maximum absolute atomic E-state index is 14.3. The van der Waals surface area contributed by atoms with Crippen LogP contribution in [0.4, 0.5) is 17.2 Å². The molecule has 1 aliphatic heterocycles. The van der Waals surface area contributed by atoms with Crippen LogP contribution in [0.25, 0.3) is 10.9 Å². The Morgan fingerprint density at radius 3 is 1.96 bits per heavy atom. The number of hydrogen-bond acceptors (Lipinski definition) is 9. The van der Waals surface area contributed by atoms with Crippen LogP contribution < -0.4 is 24.6 Å². The van der Waals surface area contributed by atoms with Crippen LogP contribution in [0.5, 0.6) is 11.5 Å². The zero-order valence-electron chi connectivity index (χ0n) is 27.1. The van der Waals surface area contributed by atoms with E-state index >= 15 is 0 Å². The number of hydrogen-bond donors (Lipinski definition) is 1. The third kappa shape index (κ3) is 6.63. The molecule has 1 aromatic heterocycles. The molecule has 1 aliphatic rings. The Morgan fingerprint density at radius 1 is 0.833 bits per heavy atom. The highest BCUT2D eigenvalue weighted by atomic mass is 16.5. The molecular weight excluding hydrogens is 604 g/mol. The lowest BCUT2D eigenvalue weighted by Crippen LogP contribution is -2.44. The molecule has 10 nitrogen and oxygen atoms in total. The van der Waals surface area contributed by atoms with Gasteiger partial charge in [-0.2, -0.15) is 5.26 Å². The number of methoxy groups -OCH3 is 2. The summed E-state index contributed by atoms with van der Waals surface area (Å²) < 4.78 is 10.6. The van der Waals surface area contributed by atoms with Crippen LogP contribution in [0.15, 0.2) is 97.1 Å². The van der Waals surface area contributed by atoms with Crippen molar-refractivity contribution in [1.29, 1.82) is 5.26 Å². The number of nitrogens with zero attached hydrogens (tertiary/aromatic N) is 5. The summed E-state index contributed by atoms with van der Waals surface area (Å²) >= 11 is 0. The summed E-state index contributed by atoms with van der Waals surface area (Å²) in [5, 5.41) is 15.0. The Bertz CT molecular complexity index is 1910. The van der Waals surface area contributed by atoms with Crippen molar-refractivity contribution >= 4 is 39.9 Å². The number of anilines is 3. The number of fused-ring (bicyclic) bond motifs is 1. The number of rotatable bonds is 9. The highest BCUT2D eigenvalue weighted by Crippen LogP contribution is 2.37. The Labute approximate surface area is 279 Å². The second-order valence-corrected chi connectivity index (χ2v) is 11.5. The molecule has 0 unspecified atom stereocenters. The number of benzene rings is 4. The van der Waals surface area contributed by atoms with Crippen LogP contribution in [0, 0.1) is 11.3 Å². The van der Waals surface area contributed by atoms with Gasteiger partial charge in [-0.25, -0.2) is 9.88 Å². The van der Waals surface area contributed by atoms with Crippen molar-refractivity contribution < 1.29 is 19.1 Å². The van der Waals surface area contributed by atoms with Gasteiger partial charge in [0.1, 0.15) is 23.1 Å². The van der Waals surface area contributed by atoms with E-state index in [1.165, 1.54) is 14.2 Å². The van der Waals surface area contributed by atoms with E-state index in [1.54, 1.807) is 48.5 Å². The molecule has 4 aromatic carbocycles. The smallest absolute Gasteiger partial charge is 0.266 e. The number of ether oxygens (including phenoxy) is 2. The molecule has 0 saturated carbocycles. The molecule has 48 heavy (non-hydrogen) atoms. The van der Waals surface area contributed by atoms with Crippen molar-refractivity contribution in [3.63, 3.8) is 0 Å². The Balaban J connectivity index is 1.53. The number of aromatic nitrogens is 1. The standard InChI is InChI=1S/C38H36N6O4/c1-42-19-21-43(22-20-42)29-13-18-34-32(23-29)35(40-25-26-7-5-4-6-8-26)33(24-39)36(41-34)44(37(45)27-9-14-30(47-2)15-10-27)38(46)28-11-16-31(48-3)17-12-28/h4-18,23H,19-22,25H2,1-3H3,(H,40,41). The number of pyridine rings is 1. The van der Waals surface area contributed by atoms with Crippen LogP contribution in [0.3, 0.4) is 0 Å². The Hall–Kier alpha value is -5.92. The van der Waals surface area contributed by atoms with Crippen molar-refractivity contribution in [3.8, 4) is 17.6 Å². The van der Waals surface area contributed by atoms with E-state index in [-0.39, 0.29) is 22.5 Å². The molecule has 2 heterocycles. The largest absolute Gasteiger partial charge is 0.497 e. The molecule has 1 saturated heterocycles. The van der Waals surface area contributed by atoms with Crippen LogP contribution >= 0.6 is 0 Å². The van der Waals surface area contributed by atoms with Crippen LogP contribution in [0.1, 0.15) is 31.8 Å². The van der Waals surface area contributed by atoms with Gasteiger partial charge in [-0.05, 0) is 79.3 Å². The maximum atomic E-state index is 14.3. The molecule has 2 amide bonds. The molecule has 0 spiro atoms. The van der Waals surface area contributed by atoms with Gasteiger partial charge in [-0.15, -0.1) is 0 Å². The molecule has 10 heteroatoms. The number of nitriles is 1. The first-order valence-electron chi connectivity index (χ1n) is 15.7. The first kappa shape index (κ1) is 32.0. The normalized spacial score (nSPS) is 13.1. The summed E-state index contributed by atoms with van der Waals surface area (Å²) in [5.74, 6) is -0.210. The fraction of sp³-hybridized carbons (Fsp3) is 0.211. The number of carbonyl (C=O) groups excluding carboxylic acids is 2. The van der Waals surface area contributed by atoms with Crippen LogP contribution in [-0.4, -0.2) is 69.1 Å². The number of carbonyl (C=O) groups is 2. The van der Waals surface area contributed by atoms with Gasteiger partial charge in [-0.3, -0.25) is 9.59 Å². The quantitative estimate of drug-likeness (QED) is 0.195. The minimum absolute atomic E-state index is 0.0606. The van der Waals surface area contributed by atoms with Crippen LogP contribution in [-0.2, 0) is 6.54 Å². The van der Waals surface area contributed by atoms with E-state index < -0.39 is 11.8 Å². The SMILES string of the molecule is COc1ccc(C(=O)N(C(=O)c2ccc(OC)cc2)c2nc3ccc(N4CCN(C)CC4)cc3c(NCc3ccccc3)c2C#N)cc1. The molecule has 0 atom stereocenters. The first-order valence-corrected chi connectivity index (χ1v) is 15.7. The van der Waals surface area contributed by atoms with Crippen molar-refractivity contribution in [3.05, 3.63) is 119 Å². The zero-order valence-corrected chi connectivity index (χ0v) is 27.1. The minimum Gasteiger partial charge on any atom is -0.497 e. The highest BCUT2D eigenvalue weighted by Gasteiger charge is 2.32. The fourth-order valence-corrected chi connectivity index (χ4v) is 5.75. The van der Waals surface area contributed by atoms with Gasteiger partial charge in [0.2, 0.25) is 0 Å². The van der Waals surface area contributed by atoms with Gasteiger partial charge in [0.25, 0.3) is 11.8 Å². The monoisotopic (exact) mass is 640 g/mol. The summed E-state index contributed by atoms with van der Waals surface area (Å²) in [6.45, 7) is 4.02. The summed E-state index contributed by atoms with van der Waals surface area (Å²) in [7, 11) is 5.18. The third-order valence-electron chi connectivity index (χ3n) is 8.53. The lowest BCUT2D eigenvalue weighted by Gasteiger charge is -2.34. The summed E-state index contributed by atoms with van der Waals surface area (Å²) in [6.07, 6.45) is 0. The number of piperazine rings is 1. The molecule has 6 rings (SSSR count). The van der Waals surface area contributed by atoms with Gasteiger partial charge in [0.05, 0.1) is 25.4 Å². The van der Waals surface area contributed by atoms with E-state index in [9.17, 15) is 14.9 Å². The van der Waals surface area contributed by atoms with Gasteiger partial charge in [0, 0.05) is 54.9 Å². The molecule has 5 aromatic rings. The number of likely N-dealkylation sites (N-methyl/N-ethyl adjacent to an activating group) is 1. The van der Waals surface area contributed by atoms with Gasteiger partial charge >= 0.3 is 0 Å². The number of imide groups is 1. The van der Waals surface area contributed by atoms with Gasteiger partial charge in [0.15, 0.2) is 5.82 Å². The fourth-order valence-electron chi connectivity index (χ4n) is 5.75. The second kappa shape index (κ2) is 14.2. The molecule has 0 radical (unpaired) electrons. The van der Waals surface area contributed by atoms with Crippen molar-refractivity contribution in [1.82, 2.24) is 9.88 Å². The Kier molecular flexibility index (Phi) is 9.50. The molecular formula is C38H36N6O4. The topological polar surface area (TPSA) is 111 Å². The number of nitrogens with one attached hydrogen (secondary N) is 1. The van der Waals surface area contributed by atoms with E-state index in [0.717, 1.165) is 47.7 Å². The van der Waals surface area contributed by atoms with Crippen molar-refractivity contribution in [2.45, 2.75) is 6.54 Å². The van der Waals surface area contributed by atoms with Crippen molar-refractivity contribution in [2.24, 2.45) is 0 Å². The zero-order chi connectivity index (χ0) is 33.6. The first-order chi connectivity index (χ1) is 23.4. The number of amides is 2. The Morgan fingerprint density at radius 2 is 1.42 bits per heavy atom. The highest BCUT2D eigenvalue weighted by molar-refractivity contribution is 6.26. The molecule has 1 fully saturated rings. The third-order valence-corrected chi connectivity index (χ3v) is 8.53. The van der Waals surface area contributed by atoms with Gasteiger partial charge in [-0.1, -0.05) is 30.3 Å². The lowest BCUT2D eigenvalue weighted by atomic mass is 10.0. The van der Waals surface area contributed by atoms with Crippen molar-refractivity contribution in [2.75, 3.05) is 62.6 Å². The summed E-state index contributed by atoms with van der Waals surface area (Å²) in [4.78, 5) is 39.1. The summed E-state index contributed by atoms with van der Waals surface area (Å²) in [5.41, 5.74) is 3.58. The van der Waals surface area contributed by atoms with E-state index in [1.807, 2.05) is 48.5 Å². The van der Waals surface area contributed by atoms with Gasteiger partial charge < -0.3 is 24.6 Å². The van der Waals surface area contributed by atoms with E-state index in [2.05, 4.69) is 28.2 Å². The maximum Gasteiger partial charge on any atom is 0.266 e. The second-order valence-electron chi connectivity index (χ2n) is 11.5. The predicted octanol–water partition coefficient (Wildman–Crippen LogP) is 5.97. The average molecular weight is 641 g/mol. The summed E-state index contributed by atoms with van der Waals surface area (Å²) in [6, 6.07) is 31.0. The predicted molar refractivity (Wildman–Crippen MR) is 187 cm³/mol. The van der Waals surface area contributed by atoms with E-state index in [4.69, 9.17) is 14.5 Å². The molecule has 1 N–H and O–H groups in total. The minimum atomic E-state index is -0.634. The average Bonchev–Trinajstić information content (AvgIpc) is 3.14. The lowest BCUT2D eigenvalue weighted by molar-refractivity contribution is 0.0896. The van der Waals surface area contributed by atoms with Crippen LogP contribution in [0.2, 0.25) is 0 Å².